The number of hydrogen-bond acceptors (Lipinski definition) is 4. The monoisotopic (exact) mass is 535 g/mol. The Hall–Kier alpha value is -3.23. The van der Waals surface area contributed by atoms with E-state index >= 15 is 0 Å². The van der Waals surface area contributed by atoms with E-state index < -0.39 is 10.0 Å². The smallest absolute Gasteiger partial charge is 0.255 e. The van der Waals surface area contributed by atoms with Crippen LogP contribution >= 0.6 is 0 Å². The van der Waals surface area contributed by atoms with E-state index in [0.29, 0.717) is 54.4 Å². The zero-order valence-electron chi connectivity index (χ0n) is 22.6. The van der Waals surface area contributed by atoms with E-state index in [-0.39, 0.29) is 28.2 Å². The molecule has 8 heteroatoms. The lowest BCUT2D eigenvalue weighted by atomic mass is 9.86. The lowest BCUT2D eigenvalue weighted by molar-refractivity contribution is -0.132. The highest BCUT2D eigenvalue weighted by Gasteiger charge is 2.27. The number of fused-ring (bicyclic) bond motifs is 1. The number of piperidine rings is 1. The van der Waals surface area contributed by atoms with Gasteiger partial charge in [0.05, 0.1) is 4.90 Å². The number of anilines is 1. The van der Waals surface area contributed by atoms with Crippen molar-refractivity contribution in [2.24, 2.45) is 0 Å². The van der Waals surface area contributed by atoms with Crippen LogP contribution in [0, 0.1) is 0 Å². The van der Waals surface area contributed by atoms with Crippen LogP contribution in [0.4, 0.5) is 5.69 Å². The number of hydrogen-bond donors (Lipinski definition) is 2. The second-order valence-electron chi connectivity index (χ2n) is 11.0. The van der Waals surface area contributed by atoms with Crippen molar-refractivity contribution in [2.75, 3.05) is 18.4 Å². The minimum atomic E-state index is -3.82. The number of carbonyl (C=O) groups excluding carboxylic acids is 2. The number of likely N-dealkylation sites (tertiary alicyclic amines) is 1. The molecule has 3 aromatic rings. The van der Waals surface area contributed by atoms with Gasteiger partial charge < -0.3 is 10.2 Å². The predicted octanol–water partition coefficient (Wildman–Crippen LogP) is 5.46. The molecule has 7 nitrogen and oxygen atoms in total. The summed E-state index contributed by atoms with van der Waals surface area (Å²) in [4.78, 5) is 27.2. The summed E-state index contributed by atoms with van der Waals surface area (Å²) < 4.78 is 29.7. The number of benzene rings is 3. The molecule has 0 saturated carbocycles. The fourth-order valence-corrected chi connectivity index (χ4v) is 6.35. The molecule has 3 aromatic carbocycles. The molecule has 0 unspecified atom stereocenters. The maximum Gasteiger partial charge on any atom is 0.255 e. The third-order valence-electron chi connectivity index (χ3n) is 7.07. The van der Waals surface area contributed by atoms with E-state index in [4.69, 9.17) is 0 Å². The Kier molecular flexibility index (Phi) is 8.23. The largest absolute Gasteiger partial charge is 0.343 e. The average Bonchev–Trinajstić information content (AvgIpc) is 2.88. The molecule has 1 heterocycles. The fourth-order valence-electron chi connectivity index (χ4n) is 4.83. The molecule has 202 valence electrons. The van der Waals surface area contributed by atoms with Gasteiger partial charge in [0.2, 0.25) is 15.9 Å². The van der Waals surface area contributed by atoms with Gasteiger partial charge in [-0.2, -0.15) is 0 Å². The Morgan fingerprint density at radius 3 is 2.16 bits per heavy atom. The van der Waals surface area contributed by atoms with E-state index in [2.05, 4.69) is 30.8 Å². The van der Waals surface area contributed by atoms with Gasteiger partial charge in [0, 0.05) is 47.6 Å². The first-order valence-corrected chi connectivity index (χ1v) is 14.7. The molecular formula is C30H37N3O4S. The lowest BCUT2D eigenvalue weighted by Gasteiger charge is -2.32. The molecule has 0 spiro atoms. The van der Waals surface area contributed by atoms with Crippen LogP contribution in [-0.4, -0.2) is 44.3 Å². The molecule has 38 heavy (non-hydrogen) atoms. The summed E-state index contributed by atoms with van der Waals surface area (Å²) in [6, 6.07) is 17.7. The number of amides is 2. The average molecular weight is 536 g/mol. The number of sulfonamides is 1. The summed E-state index contributed by atoms with van der Waals surface area (Å²) in [7, 11) is -3.82. The summed E-state index contributed by atoms with van der Waals surface area (Å²) >= 11 is 0. The Morgan fingerprint density at radius 1 is 0.921 bits per heavy atom. The van der Waals surface area contributed by atoms with E-state index in [1.807, 2.05) is 48.2 Å². The topological polar surface area (TPSA) is 95.6 Å². The van der Waals surface area contributed by atoms with Gasteiger partial charge in [-0.25, -0.2) is 13.1 Å². The standard InChI is InChI=1S/C30H37N3O4S/c1-5-8-28(34)33-19-17-23(18-20-33)32-38(36,37)27-16-15-26(24-9-6-7-10-25(24)27)31-29(35)21-11-13-22(14-12-21)30(2,3)4/h6-7,9-16,23,32H,5,8,17-20H2,1-4H3,(H,31,35). The van der Waals surface area contributed by atoms with Crippen LogP contribution < -0.4 is 10.0 Å². The van der Waals surface area contributed by atoms with Crippen LogP contribution in [-0.2, 0) is 20.2 Å². The number of carbonyl (C=O) groups is 2. The zero-order chi connectivity index (χ0) is 27.5. The molecule has 0 atom stereocenters. The van der Waals surface area contributed by atoms with Crippen LogP contribution in [0.15, 0.2) is 65.6 Å². The Bertz CT molecular complexity index is 1420. The van der Waals surface area contributed by atoms with Gasteiger partial charge >= 0.3 is 0 Å². The minimum absolute atomic E-state index is 0.00987. The second-order valence-corrected chi connectivity index (χ2v) is 12.6. The van der Waals surface area contributed by atoms with E-state index in [1.54, 1.807) is 24.3 Å². The van der Waals surface area contributed by atoms with Crippen LogP contribution in [0.25, 0.3) is 10.8 Å². The van der Waals surface area contributed by atoms with Gasteiger partial charge in [0.1, 0.15) is 0 Å². The van der Waals surface area contributed by atoms with Crippen LogP contribution in [0.5, 0.6) is 0 Å². The lowest BCUT2D eigenvalue weighted by Crippen LogP contribution is -2.46. The first kappa shape index (κ1) is 27.8. The van der Waals surface area contributed by atoms with Crippen molar-refractivity contribution in [3.05, 3.63) is 71.8 Å². The SMILES string of the molecule is CCCC(=O)N1CCC(NS(=O)(=O)c2ccc(NC(=O)c3ccc(C(C)(C)C)cc3)c3ccccc23)CC1. The molecular weight excluding hydrogens is 498 g/mol. The fraction of sp³-hybridized carbons (Fsp3) is 0.400. The summed E-state index contributed by atoms with van der Waals surface area (Å²) in [5.41, 5.74) is 2.21. The van der Waals surface area contributed by atoms with Crippen molar-refractivity contribution < 1.29 is 18.0 Å². The summed E-state index contributed by atoms with van der Waals surface area (Å²) in [6.45, 7) is 9.44. The van der Waals surface area contributed by atoms with Crippen LogP contribution in [0.1, 0.15) is 69.3 Å². The quantitative estimate of drug-likeness (QED) is 0.420. The van der Waals surface area contributed by atoms with Crippen molar-refractivity contribution >= 4 is 38.3 Å². The van der Waals surface area contributed by atoms with Gasteiger partial charge in [0.25, 0.3) is 5.91 Å². The van der Waals surface area contributed by atoms with Gasteiger partial charge in [-0.15, -0.1) is 0 Å². The Balaban J connectivity index is 1.52. The molecule has 4 rings (SSSR count). The normalized spacial score (nSPS) is 15.0. The molecule has 2 amide bonds. The molecule has 1 saturated heterocycles. The third kappa shape index (κ3) is 6.25. The van der Waals surface area contributed by atoms with Crippen molar-refractivity contribution in [3.63, 3.8) is 0 Å². The molecule has 0 radical (unpaired) electrons. The Morgan fingerprint density at radius 2 is 1.55 bits per heavy atom. The van der Waals surface area contributed by atoms with Gasteiger partial charge in [-0.05, 0) is 54.5 Å². The van der Waals surface area contributed by atoms with Crippen molar-refractivity contribution in [1.82, 2.24) is 9.62 Å². The van der Waals surface area contributed by atoms with Gasteiger partial charge in [-0.1, -0.05) is 64.1 Å². The predicted molar refractivity (Wildman–Crippen MR) is 152 cm³/mol. The maximum atomic E-state index is 13.4. The highest BCUT2D eigenvalue weighted by molar-refractivity contribution is 7.89. The molecule has 1 aliphatic heterocycles. The number of nitrogens with one attached hydrogen (secondary N) is 2. The third-order valence-corrected chi connectivity index (χ3v) is 8.65. The molecule has 1 fully saturated rings. The first-order chi connectivity index (χ1) is 18.0. The van der Waals surface area contributed by atoms with Crippen molar-refractivity contribution in [3.8, 4) is 0 Å². The summed E-state index contributed by atoms with van der Waals surface area (Å²) in [6.07, 6.45) is 2.48. The van der Waals surface area contributed by atoms with Crippen molar-refractivity contribution in [2.45, 2.75) is 69.7 Å². The minimum Gasteiger partial charge on any atom is -0.343 e. The number of nitrogens with zero attached hydrogens (tertiary/aromatic N) is 1. The van der Waals surface area contributed by atoms with Gasteiger partial charge in [0.15, 0.2) is 0 Å². The first-order valence-electron chi connectivity index (χ1n) is 13.2. The Labute approximate surface area is 225 Å². The molecule has 1 aliphatic rings. The second kappa shape index (κ2) is 11.3. The molecule has 0 aliphatic carbocycles. The number of rotatable bonds is 7. The summed E-state index contributed by atoms with van der Waals surface area (Å²) in [5, 5.41) is 4.14. The molecule has 0 aromatic heterocycles. The van der Waals surface area contributed by atoms with Gasteiger partial charge in [-0.3, -0.25) is 9.59 Å². The van der Waals surface area contributed by atoms with Crippen molar-refractivity contribution in [1.29, 1.82) is 0 Å². The maximum absolute atomic E-state index is 13.4. The highest BCUT2D eigenvalue weighted by atomic mass is 32.2. The van der Waals surface area contributed by atoms with E-state index in [0.717, 1.165) is 12.0 Å². The van der Waals surface area contributed by atoms with Crippen LogP contribution in [0.2, 0.25) is 0 Å². The highest BCUT2D eigenvalue weighted by Crippen LogP contribution is 2.31. The zero-order valence-corrected chi connectivity index (χ0v) is 23.4. The van der Waals surface area contributed by atoms with E-state index in [9.17, 15) is 18.0 Å². The van der Waals surface area contributed by atoms with Crippen LogP contribution in [0.3, 0.4) is 0 Å². The summed E-state index contributed by atoms with van der Waals surface area (Å²) in [5.74, 6) is -0.128. The molecule has 2 N–H and O–H groups in total. The van der Waals surface area contributed by atoms with E-state index in [1.165, 1.54) is 0 Å². The molecule has 0 bridgehead atoms.